The van der Waals surface area contributed by atoms with E-state index in [1.807, 2.05) is 0 Å². The lowest BCUT2D eigenvalue weighted by molar-refractivity contribution is -0.135. The van der Waals surface area contributed by atoms with Crippen molar-refractivity contribution in [3.63, 3.8) is 0 Å². The molecule has 5 heteroatoms. The third-order valence-corrected chi connectivity index (χ3v) is 2.64. The summed E-state index contributed by atoms with van der Waals surface area (Å²) in [6.45, 7) is 0. The molecule has 1 aromatic rings. The second-order valence-corrected chi connectivity index (χ2v) is 4.05. The number of esters is 1. The Morgan fingerprint density at radius 3 is 2.44 bits per heavy atom. The van der Waals surface area contributed by atoms with Gasteiger partial charge in [-0.1, -0.05) is 23.7 Å². The van der Waals surface area contributed by atoms with Crippen molar-refractivity contribution in [1.29, 1.82) is 0 Å². The van der Waals surface area contributed by atoms with Crippen molar-refractivity contribution in [2.75, 3.05) is 14.2 Å². The van der Waals surface area contributed by atoms with Crippen molar-refractivity contribution in [2.24, 2.45) is 0 Å². The second-order valence-electron chi connectivity index (χ2n) is 3.61. The zero-order chi connectivity index (χ0) is 13.5. The molecule has 0 aromatic heterocycles. The number of hydrogen-bond donors (Lipinski definition) is 1. The molecule has 18 heavy (non-hydrogen) atoms. The van der Waals surface area contributed by atoms with Crippen molar-refractivity contribution in [3.05, 3.63) is 46.7 Å². The Hall–Kier alpha value is -1.52. The van der Waals surface area contributed by atoms with Crippen molar-refractivity contribution in [3.8, 4) is 0 Å². The number of aliphatic hydroxyl groups is 1. The van der Waals surface area contributed by atoms with Crippen LogP contribution in [0, 0.1) is 0 Å². The van der Waals surface area contributed by atoms with Gasteiger partial charge < -0.3 is 14.6 Å². The fourth-order valence-corrected chi connectivity index (χ4v) is 1.51. The largest absolute Gasteiger partial charge is 0.501 e. The normalized spacial score (nSPS) is 13.0. The van der Waals surface area contributed by atoms with E-state index in [-0.39, 0.29) is 6.42 Å². The molecule has 1 N–H and O–H groups in total. The fraction of sp³-hybridized carbons (Fsp3) is 0.308. The highest BCUT2D eigenvalue weighted by atomic mass is 35.5. The number of rotatable bonds is 5. The first-order valence-electron chi connectivity index (χ1n) is 5.33. The lowest BCUT2D eigenvalue weighted by Gasteiger charge is -2.12. The highest BCUT2D eigenvalue weighted by Gasteiger charge is 2.12. The molecule has 0 amide bonds. The smallest absolute Gasteiger partial charge is 0.333 e. The third-order valence-electron chi connectivity index (χ3n) is 2.39. The van der Waals surface area contributed by atoms with Gasteiger partial charge in [-0.25, -0.2) is 4.79 Å². The van der Waals surface area contributed by atoms with E-state index >= 15 is 0 Å². The first-order valence-corrected chi connectivity index (χ1v) is 5.70. The minimum atomic E-state index is -0.766. The Bertz CT molecular complexity index is 425. The van der Waals surface area contributed by atoms with Crippen LogP contribution in [0.3, 0.4) is 0 Å². The minimum Gasteiger partial charge on any atom is -0.501 e. The number of hydrogen-bond acceptors (Lipinski definition) is 4. The Balaban J connectivity index is 2.73. The number of ether oxygens (including phenoxy) is 2. The number of methoxy groups -OCH3 is 2. The predicted molar refractivity (Wildman–Crippen MR) is 68.1 cm³/mol. The molecular formula is C13H15ClO4. The second kappa shape index (κ2) is 7.03. The Labute approximate surface area is 111 Å². The Morgan fingerprint density at radius 1 is 1.33 bits per heavy atom. The molecule has 4 nitrogen and oxygen atoms in total. The van der Waals surface area contributed by atoms with Crippen LogP contribution in [0.4, 0.5) is 0 Å². The SMILES string of the molecule is COC(=O)/C=C(\CC(O)c1ccc(Cl)cc1)OC. The van der Waals surface area contributed by atoms with Gasteiger partial charge >= 0.3 is 5.97 Å². The quantitative estimate of drug-likeness (QED) is 0.507. The zero-order valence-corrected chi connectivity index (χ0v) is 11.0. The number of aliphatic hydroxyl groups excluding tert-OH is 1. The predicted octanol–water partition coefficient (Wildman–Crippen LogP) is 2.47. The van der Waals surface area contributed by atoms with E-state index in [4.69, 9.17) is 16.3 Å². The van der Waals surface area contributed by atoms with Gasteiger partial charge in [0.2, 0.25) is 0 Å². The lowest BCUT2D eigenvalue weighted by atomic mass is 10.1. The summed E-state index contributed by atoms with van der Waals surface area (Å²) in [5.74, 6) is -0.167. The van der Waals surface area contributed by atoms with Crippen molar-refractivity contribution >= 4 is 17.6 Å². The maximum absolute atomic E-state index is 11.1. The number of halogens is 1. The average molecular weight is 271 g/mol. The van der Waals surface area contributed by atoms with E-state index in [9.17, 15) is 9.90 Å². The first kappa shape index (κ1) is 14.5. The third kappa shape index (κ3) is 4.39. The van der Waals surface area contributed by atoms with Gasteiger partial charge in [0.15, 0.2) is 0 Å². The summed E-state index contributed by atoms with van der Waals surface area (Å²) in [5.41, 5.74) is 0.701. The summed E-state index contributed by atoms with van der Waals surface area (Å²) < 4.78 is 9.50. The van der Waals surface area contributed by atoms with Crippen LogP contribution in [0.5, 0.6) is 0 Å². The number of carbonyl (C=O) groups is 1. The van der Waals surface area contributed by atoms with Gasteiger partial charge in [0, 0.05) is 11.4 Å². The van der Waals surface area contributed by atoms with E-state index in [1.54, 1.807) is 24.3 Å². The van der Waals surface area contributed by atoms with Crippen LogP contribution >= 0.6 is 11.6 Å². The van der Waals surface area contributed by atoms with Crippen LogP contribution < -0.4 is 0 Å². The highest BCUT2D eigenvalue weighted by molar-refractivity contribution is 6.30. The number of carbonyl (C=O) groups excluding carboxylic acids is 1. The molecule has 0 fully saturated rings. The van der Waals surface area contributed by atoms with Gasteiger partial charge in [-0.15, -0.1) is 0 Å². The summed E-state index contributed by atoms with van der Waals surface area (Å²) >= 11 is 5.76. The molecule has 0 spiro atoms. The standard InChI is InChI=1S/C13H15ClO4/c1-17-11(8-13(16)18-2)7-12(15)9-3-5-10(14)6-4-9/h3-6,8,12,15H,7H2,1-2H3/b11-8+. The van der Waals surface area contributed by atoms with Crippen LogP contribution in [-0.2, 0) is 14.3 Å². The molecule has 1 atom stereocenters. The summed E-state index contributed by atoms with van der Waals surface area (Å²) in [7, 11) is 2.71. The summed E-state index contributed by atoms with van der Waals surface area (Å²) in [4.78, 5) is 11.1. The maximum Gasteiger partial charge on any atom is 0.333 e. The van der Waals surface area contributed by atoms with Crippen LogP contribution in [-0.4, -0.2) is 25.3 Å². The summed E-state index contributed by atoms with van der Waals surface area (Å²) in [6, 6.07) is 6.82. The highest BCUT2D eigenvalue weighted by Crippen LogP contribution is 2.22. The molecule has 1 rings (SSSR count). The Kier molecular flexibility index (Phi) is 5.68. The fourth-order valence-electron chi connectivity index (χ4n) is 1.38. The Morgan fingerprint density at radius 2 is 1.94 bits per heavy atom. The van der Waals surface area contributed by atoms with Gasteiger partial charge in [0.25, 0.3) is 0 Å². The van der Waals surface area contributed by atoms with Gasteiger partial charge in [0.1, 0.15) is 5.76 Å². The molecule has 0 aliphatic heterocycles. The van der Waals surface area contributed by atoms with E-state index in [2.05, 4.69) is 4.74 Å². The molecule has 0 heterocycles. The van der Waals surface area contributed by atoms with Gasteiger partial charge in [-0.2, -0.15) is 0 Å². The van der Waals surface area contributed by atoms with E-state index in [0.29, 0.717) is 16.3 Å². The van der Waals surface area contributed by atoms with Gasteiger partial charge in [-0.05, 0) is 17.7 Å². The van der Waals surface area contributed by atoms with Gasteiger partial charge in [-0.3, -0.25) is 0 Å². The molecule has 1 aromatic carbocycles. The lowest BCUT2D eigenvalue weighted by Crippen LogP contribution is -2.04. The molecule has 0 bridgehead atoms. The topological polar surface area (TPSA) is 55.8 Å². The van der Waals surface area contributed by atoms with E-state index < -0.39 is 12.1 Å². The van der Waals surface area contributed by atoms with E-state index in [1.165, 1.54) is 20.3 Å². The van der Waals surface area contributed by atoms with Crippen molar-refractivity contribution < 1.29 is 19.4 Å². The molecule has 1 unspecified atom stereocenters. The van der Waals surface area contributed by atoms with Crippen molar-refractivity contribution in [2.45, 2.75) is 12.5 Å². The van der Waals surface area contributed by atoms with Crippen LogP contribution in [0.1, 0.15) is 18.1 Å². The van der Waals surface area contributed by atoms with Crippen LogP contribution in [0.25, 0.3) is 0 Å². The minimum absolute atomic E-state index is 0.188. The molecule has 0 saturated heterocycles. The first-order chi connectivity index (χ1) is 8.56. The maximum atomic E-state index is 11.1. The zero-order valence-electron chi connectivity index (χ0n) is 10.2. The van der Waals surface area contributed by atoms with E-state index in [0.717, 1.165) is 0 Å². The van der Waals surface area contributed by atoms with Gasteiger partial charge in [0.05, 0.1) is 26.4 Å². The molecular weight excluding hydrogens is 256 g/mol. The summed E-state index contributed by atoms with van der Waals surface area (Å²) in [6.07, 6.45) is 0.630. The summed E-state index contributed by atoms with van der Waals surface area (Å²) in [5, 5.41) is 10.6. The molecule has 0 aliphatic carbocycles. The number of benzene rings is 1. The molecule has 0 radical (unpaired) electrons. The van der Waals surface area contributed by atoms with Crippen LogP contribution in [0.15, 0.2) is 36.1 Å². The average Bonchev–Trinajstić information content (AvgIpc) is 2.38. The molecule has 98 valence electrons. The van der Waals surface area contributed by atoms with Crippen molar-refractivity contribution in [1.82, 2.24) is 0 Å². The molecule has 0 saturated carbocycles. The van der Waals surface area contributed by atoms with Crippen LogP contribution in [0.2, 0.25) is 5.02 Å². The molecule has 0 aliphatic rings. The monoisotopic (exact) mass is 270 g/mol.